The SMILES string of the molecule is CC(C)CCCCN=C(NN)NC1CCCC1. The molecule has 4 N–H and O–H groups in total. The summed E-state index contributed by atoms with van der Waals surface area (Å²) in [4.78, 5) is 4.47. The van der Waals surface area contributed by atoms with Crippen LogP contribution in [-0.4, -0.2) is 18.5 Å². The Hall–Kier alpha value is -0.770. The van der Waals surface area contributed by atoms with E-state index in [0.29, 0.717) is 6.04 Å². The third kappa shape index (κ3) is 6.51. The lowest BCUT2D eigenvalue weighted by Gasteiger charge is -2.14. The van der Waals surface area contributed by atoms with E-state index in [0.717, 1.165) is 24.8 Å². The molecule has 1 aliphatic carbocycles. The van der Waals surface area contributed by atoms with Gasteiger partial charge in [0.15, 0.2) is 0 Å². The minimum atomic E-state index is 0.570. The molecule has 1 fully saturated rings. The van der Waals surface area contributed by atoms with E-state index in [1.54, 1.807) is 0 Å². The van der Waals surface area contributed by atoms with Gasteiger partial charge in [0.1, 0.15) is 0 Å². The second-order valence-corrected chi connectivity index (χ2v) is 5.39. The zero-order chi connectivity index (χ0) is 12.5. The van der Waals surface area contributed by atoms with E-state index in [-0.39, 0.29) is 0 Å². The van der Waals surface area contributed by atoms with Crippen LogP contribution in [0.4, 0.5) is 0 Å². The van der Waals surface area contributed by atoms with Crippen molar-refractivity contribution in [2.24, 2.45) is 16.8 Å². The molecular weight excluding hydrogens is 212 g/mol. The largest absolute Gasteiger partial charge is 0.353 e. The normalized spacial score (nSPS) is 17.8. The van der Waals surface area contributed by atoms with E-state index in [4.69, 9.17) is 5.84 Å². The maximum Gasteiger partial charge on any atom is 0.205 e. The highest BCUT2D eigenvalue weighted by Gasteiger charge is 2.15. The fourth-order valence-electron chi connectivity index (χ4n) is 2.25. The smallest absolute Gasteiger partial charge is 0.205 e. The van der Waals surface area contributed by atoms with E-state index < -0.39 is 0 Å². The molecule has 0 aromatic heterocycles. The number of nitrogens with two attached hydrogens (primary N) is 1. The molecular formula is C13H28N4. The Bertz CT molecular complexity index is 219. The number of unbranched alkanes of at least 4 members (excludes halogenated alkanes) is 1. The maximum atomic E-state index is 5.47. The maximum absolute atomic E-state index is 5.47. The minimum absolute atomic E-state index is 0.570. The number of nitrogens with zero attached hydrogens (tertiary/aromatic N) is 1. The van der Waals surface area contributed by atoms with Crippen molar-refractivity contribution in [1.29, 1.82) is 0 Å². The second kappa shape index (κ2) is 8.34. The Morgan fingerprint density at radius 1 is 1.29 bits per heavy atom. The van der Waals surface area contributed by atoms with E-state index >= 15 is 0 Å². The van der Waals surface area contributed by atoms with Crippen LogP contribution in [0.25, 0.3) is 0 Å². The molecule has 0 aromatic rings. The van der Waals surface area contributed by atoms with Crippen molar-refractivity contribution in [1.82, 2.24) is 10.7 Å². The summed E-state index contributed by atoms with van der Waals surface area (Å²) >= 11 is 0. The first kappa shape index (κ1) is 14.3. The molecule has 0 saturated heterocycles. The highest BCUT2D eigenvalue weighted by molar-refractivity contribution is 5.79. The third-order valence-corrected chi connectivity index (χ3v) is 3.29. The van der Waals surface area contributed by atoms with Crippen molar-refractivity contribution in [3.8, 4) is 0 Å². The van der Waals surface area contributed by atoms with Crippen molar-refractivity contribution in [3.05, 3.63) is 0 Å². The molecule has 4 nitrogen and oxygen atoms in total. The van der Waals surface area contributed by atoms with Crippen LogP contribution in [0.15, 0.2) is 4.99 Å². The number of aliphatic imine (C=N–C) groups is 1. The minimum Gasteiger partial charge on any atom is -0.353 e. The molecule has 0 aliphatic heterocycles. The Kier molecular flexibility index (Phi) is 7.01. The summed E-state index contributed by atoms with van der Waals surface area (Å²) in [6.07, 6.45) is 8.82. The van der Waals surface area contributed by atoms with Gasteiger partial charge in [-0.3, -0.25) is 10.4 Å². The van der Waals surface area contributed by atoms with Gasteiger partial charge in [-0.1, -0.05) is 39.5 Å². The first-order valence-corrected chi connectivity index (χ1v) is 7.00. The molecule has 0 heterocycles. The number of nitrogens with one attached hydrogen (secondary N) is 2. The lowest BCUT2D eigenvalue weighted by Crippen LogP contribution is -2.45. The van der Waals surface area contributed by atoms with Crippen molar-refractivity contribution in [2.75, 3.05) is 6.54 Å². The van der Waals surface area contributed by atoms with Gasteiger partial charge in [0.25, 0.3) is 0 Å². The Morgan fingerprint density at radius 2 is 2.00 bits per heavy atom. The van der Waals surface area contributed by atoms with Crippen molar-refractivity contribution < 1.29 is 0 Å². The molecule has 0 unspecified atom stereocenters. The van der Waals surface area contributed by atoms with Crippen molar-refractivity contribution in [3.63, 3.8) is 0 Å². The highest BCUT2D eigenvalue weighted by atomic mass is 15.3. The van der Waals surface area contributed by atoms with Crippen molar-refractivity contribution in [2.45, 2.75) is 64.8 Å². The molecule has 17 heavy (non-hydrogen) atoms. The standard InChI is InChI=1S/C13H28N4/c1-11(2)7-5-6-10-15-13(17-14)16-12-8-3-4-9-12/h11-12H,3-10,14H2,1-2H3,(H2,15,16,17). The first-order chi connectivity index (χ1) is 8.22. The Labute approximate surface area is 105 Å². The van der Waals surface area contributed by atoms with Crippen molar-refractivity contribution >= 4 is 5.96 Å². The van der Waals surface area contributed by atoms with Gasteiger partial charge < -0.3 is 5.32 Å². The fourth-order valence-corrected chi connectivity index (χ4v) is 2.25. The molecule has 1 aliphatic rings. The number of guanidine groups is 1. The molecule has 1 saturated carbocycles. The van der Waals surface area contributed by atoms with Gasteiger partial charge in [0, 0.05) is 12.6 Å². The van der Waals surface area contributed by atoms with Crippen LogP contribution < -0.4 is 16.6 Å². The Morgan fingerprint density at radius 3 is 2.59 bits per heavy atom. The highest BCUT2D eigenvalue weighted by Crippen LogP contribution is 2.17. The summed E-state index contributed by atoms with van der Waals surface area (Å²) in [5.74, 6) is 7.03. The summed E-state index contributed by atoms with van der Waals surface area (Å²) < 4.78 is 0. The van der Waals surface area contributed by atoms with Crippen LogP contribution in [-0.2, 0) is 0 Å². The number of hydrogen-bond acceptors (Lipinski definition) is 2. The third-order valence-electron chi connectivity index (χ3n) is 3.29. The first-order valence-electron chi connectivity index (χ1n) is 7.00. The van der Waals surface area contributed by atoms with Gasteiger partial charge in [0.2, 0.25) is 5.96 Å². The quantitative estimate of drug-likeness (QED) is 0.219. The fraction of sp³-hybridized carbons (Fsp3) is 0.923. The molecule has 0 spiro atoms. The van der Waals surface area contributed by atoms with E-state index in [9.17, 15) is 0 Å². The molecule has 0 bridgehead atoms. The molecule has 100 valence electrons. The lowest BCUT2D eigenvalue weighted by molar-refractivity contribution is 0.540. The van der Waals surface area contributed by atoms with Crippen LogP contribution in [0, 0.1) is 5.92 Å². The zero-order valence-electron chi connectivity index (χ0n) is 11.3. The van der Waals surface area contributed by atoms with Gasteiger partial charge >= 0.3 is 0 Å². The van der Waals surface area contributed by atoms with Crippen LogP contribution in [0.1, 0.15) is 58.8 Å². The molecule has 1 rings (SSSR count). The van der Waals surface area contributed by atoms with E-state index in [1.165, 1.54) is 38.5 Å². The molecule has 0 radical (unpaired) electrons. The summed E-state index contributed by atoms with van der Waals surface area (Å²) in [7, 11) is 0. The van der Waals surface area contributed by atoms with Gasteiger partial charge in [-0.05, 0) is 25.2 Å². The number of rotatable bonds is 6. The van der Waals surface area contributed by atoms with Crippen LogP contribution in [0.3, 0.4) is 0 Å². The zero-order valence-corrected chi connectivity index (χ0v) is 11.3. The van der Waals surface area contributed by atoms with E-state index in [1.807, 2.05) is 0 Å². The molecule has 0 amide bonds. The Balaban J connectivity index is 2.14. The lowest BCUT2D eigenvalue weighted by atomic mass is 10.1. The average molecular weight is 240 g/mol. The monoisotopic (exact) mass is 240 g/mol. The molecule has 0 atom stereocenters. The van der Waals surface area contributed by atoms with Gasteiger partial charge in [0.05, 0.1) is 0 Å². The number of hydrogen-bond donors (Lipinski definition) is 3. The molecule has 4 heteroatoms. The van der Waals surface area contributed by atoms with Gasteiger partial charge in [-0.2, -0.15) is 0 Å². The predicted molar refractivity (Wildman–Crippen MR) is 73.7 cm³/mol. The summed E-state index contributed by atoms with van der Waals surface area (Å²) in [6.45, 7) is 5.39. The summed E-state index contributed by atoms with van der Waals surface area (Å²) in [5, 5.41) is 3.38. The van der Waals surface area contributed by atoms with E-state index in [2.05, 4.69) is 29.6 Å². The average Bonchev–Trinajstić information content (AvgIpc) is 2.79. The van der Waals surface area contributed by atoms with Gasteiger partial charge in [-0.15, -0.1) is 0 Å². The molecule has 0 aromatic carbocycles. The second-order valence-electron chi connectivity index (χ2n) is 5.39. The van der Waals surface area contributed by atoms with Crippen LogP contribution in [0.5, 0.6) is 0 Å². The van der Waals surface area contributed by atoms with Gasteiger partial charge in [-0.25, -0.2) is 5.84 Å². The number of hydrazine groups is 1. The topological polar surface area (TPSA) is 62.4 Å². The summed E-state index contributed by atoms with van der Waals surface area (Å²) in [6, 6.07) is 0.570. The van der Waals surface area contributed by atoms with Crippen LogP contribution >= 0.6 is 0 Å². The summed E-state index contributed by atoms with van der Waals surface area (Å²) in [5.41, 5.74) is 2.67. The predicted octanol–water partition coefficient (Wildman–Crippen LogP) is 2.16. The van der Waals surface area contributed by atoms with Crippen LogP contribution in [0.2, 0.25) is 0 Å².